The highest BCUT2D eigenvalue weighted by atomic mass is 31.1. The Bertz CT molecular complexity index is 566. The molecule has 1 heterocycles. The SMILES string of the molecule is CCO.O=[PH]1Oc2ccccc2-c2ccccc21. The molecule has 0 radical (unpaired) electrons. The molecule has 1 unspecified atom stereocenters. The maximum atomic E-state index is 11.8. The zero-order valence-electron chi connectivity index (χ0n) is 10.1. The number of hydrogen-bond acceptors (Lipinski definition) is 3. The maximum absolute atomic E-state index is 11.8. The molecule has 3 nitrogen and oxygen atoms in total. The normalized spacial score (nSPS) is 15.6. The average molecular weight is 262 g/mol. The van der Waals surface area contributed by atoms with E-state index >= 15 is 0 Å². The van der Waals surface area contributed by atoms with E-state index in [9.17, 15) is 4.57 Å². The summed E-state index contributed by atoms with van der Waals surface area (Å²) in [5, 5.41) is 8.39. The predicted molar refractivity (Wildman–Crippen MR) is 73.9 cm³/mol. The molecule has 1 N–H and O–H groups in total. The third kappa shape index (κ3) is 2.47. The van der Waals surface area contributed by atoms with Gasteiger partial charge in [-0.15, -0.1) is 0 Å². The second-order valence-corrected chi connectivity index (χ2v) is 5.07. The van der Waals surface area contributed by atoms with Crippen LogP contribution in [0.2, 0.25) is 0 Å². The number of fused-ring (bicyclic) bond motifs is 3. The first kappa shape index (κ1) is 12.9. The molecule has 0 fully saturated rings. The van der Waals surface area contributed by atoms with E-state index < -0.39 is 8.03 Å². The molecule has 0 saturated carbocycles. The molecule has 2 aromatic carbocycles. The Labute approximate surface area is 107 Å². The minimum absolute atomic E-state index is 0.250. The van der Waals surface area contributed by atoms with Gasteiger partial charge >= 0.3 is 0 Å². The number of benzene rings is 2. The van der Waals surface area contributed by atoms with E-state index in [1.165, 1.54) is 0 Å². The fraction of sp³-hybridized carbons (Fsp3) is 0.143. The molecule has 0 aliphatic carbocycles. The first-order valence-corrected chi connectivity index (χ1v) is 7.11. The highest BCUT2D eigenvalue weighted by Gasteiger charge is 2.20. The molecule has 0 saturated heterocycles. The summed E-state index contributed by atoms with van der Waals surface area (Å²) in [6, 6.07) is 15.4. The van der Waals surface area contributed by atoms with Gasteiger partial charge in [0.05, 0.1) is 5.30 Å². The molecular weight excluding hydrogens is 247 g/mol. The van der Waals surface area contributed by atoms with Gasteiger partial charge in [-0.05, 0) is 24.6 Å². The van der Waals surface area contributed by atoms with Gasteiger partial charge in [0.2, 0.25) is 0 Å². The van der Waals surface area contributed by atoms with Crippen LogP contribution < -0.4 is 9.83 Å². The van der Waals surface area contributed by atoms with Crippen molar-refractivity contribution in [3.8, 4) is 16.9 Å². The number of rotatable bonds is 0. The van der Waals surface area contributed by atoms with E-state index in [-0.39, 0.29) is 6.61 Å². The van der Waals surface area contributed by atoms with Gasteiger partial charge in [-0.3, -0.25) is 4.57 Å². The van der Waals surface area contributed by atoms with Crippen molar-refractivity contribution in [3.63, 3.8) is 0 Å². The van der Waals surface area contributed by atoms with E-state index in [1.54, 1.807) is 6.92 Å². The molecule has 3 rings (SSSR count). The standard InChI is InChI=1S/C12H9O2P.C2H6O/c13-15-12-8-4-2-6-10(12)9-5-1-3-7-11(9)14-15;1-2-3/h1-8,15H;3H,2H2,1H3. The molecule has 1 atom stereocenters. The zero-order chi connectivity index (χ0) is 13.0. The van der Waals surface area contributed by atoms with Crippen molar-refractivity contribution in [2.24, 2.45) is 0 Å². The number of para-hydroxylation sites is 1. The summed E-state index contributed by atoms with van der Waals surface area (Å²) < 4.78 is 17.2. The molecule has 1 aliphatic rings. The Morgan fingerprint density at radius 3 is 2.33 bits per heavy atom. The van der Waals surface area contributed by atoms with Gasteiger partial charge in [0, 0.05) is 12.2 Å². The van der Waals surface area contributed by atoms with Gasteiger partial charge in [-0.25, -0.2) is 0 Å². The van der Waals surface area contributed by atoms with Crippen LogP contribution in [0.3, 0.4) is 0 Å². The third-order valence-electron chi connectivity index (χ3n) is 2.53. The average Bonchev–Trinajstić information content (AvgIpc) is 2.40. The van der Waals surface area contributed by atoms with Crippen molar-refractivity contribution in [2.75, 3.05) is 6.61 Å². The van der Waals surface area contributed by atoms with Crippen LogP contribution in [0.1, 0.15) is 6.92 Å². The number of aliphatic hydroxyl groups is 1. The van der Waals surface area contributed by atoms with Gasteiger partial charge in [0.15, 0.2) is 0 Å². The van der Waals surface area contributed by atoms with Crippen molar-refractivity contribution in [1.82, 2.24) is 0 Å². The third-order valence-corrected chi connectivity index (χ3v) is 3.81. The summed E-state index contributed by atoms with van der Waals surface area (Å²) in [6.45, 7) is 1.93. The van der Waals surface area contributed by atoms with Gasteiger partial charge in [0.25, 0.3) is 8.03 Å². The second-order valence-electron chi connectivity index (χ2n) is 3.75. The Balaban J connectivity index is 0.000000367. The van der Waals surface area contributed by atoms with Crippen molar-refractivity contribution < 1.29 is 14.2 Å². The second kappa shape index (κ2) is 5.85. The molecular formula is C14H15O3P. The topological polar surface area (TPSA) is 46.5 Å². The van der Waals surface area contributed by atoms with Crippen molar-refractivity contribution in [3.05, 3.63) is 48.5 Å². The number of hydrogen-bond donors (Lipinski definition) is 1. The van der Waals surface area contributed by atoms with Gasteiger partial charge in [-0.2, -0.15) is 0 Å². The van der Waals surface area contributed by atoms with E-state index in [1.807, 2.05) is 48.5 Å². The smallest absolute Gasteiger partial charge is 0.266 e. The molecule has 0 aromatic heterocycles. The lowest BCUT2D eigenvalue weighted by atomic mass is 10.0. The minimum Gasteiger partial charge on any atom is -0.441 e. The maximum Gasteiger partial charge on any atom is 0.266 e. The van der Waals surface area contributed by atoms with Crippen LogP contribution in [0.15, 0.2) is 48.5 Å². The van der Waals surface area contributed by atoms with E-state index in [2.05, 4.69) is 0 Å². The highest BCUT2D eigenvalue weighted by molar-refractivity contribution is 7.49. The van der Waals surface area contributed by atoms with E-state index in [4.69, 9.17) is 9.63 Å². The van der Waals surface area contributed by atoms with Crippen molar-refractivity contribution in [1.29, 1.82) is 0 Å². The molecule has 0 spiro atoms. The molecule has 0 bridgehead atoms. The first-order valence-electron chi connectivity index (χ1n) is 5.79. The highest BCUT2D eigenvalue weighted by Crippen LogP contribution is 2.41. The summed E-state index contributed by atoms with van der Waals surface area (Å²) in [5.74, 6) is 0.722. The summed E-state index contributed by atoms with van der Waals surface area (Å²) in [6.07, 6.45) is 0. The fourth-order valence-electron chi connectivity index (χ4n) is 1.83. The first-order chi connectivity index (χ1) is 8.77. The van der Waals surface area contributed by atoms with Crippen LogP contribution in [0, 0.1) is 0 Å². The molecule has 94 valence electrons. The predicted octanol–water partition coefficient (Wildman–Crippen LogP) is 2.84. The number of aliphatic hydroxyl groups excluding tert-OH is 1. The lowest BCUT2D eigenvalue weighted by Gasteiger charge is -2.19. The van der Waals surface area contributed by atoms with Crippen LogP contribution in [0.25, 0.3) is 11.1 Å². The van der Waals surface area contributed by atoms with Crippen LogP contribution in [-0.2, 0) is 4.57 Å². The zero-order valence-corrected chi connectivity index (χ0v) is 11.1. The Hall–Kier alpha value is -1.57. The van der Waals surface area contributed by atoms with Crippen molar-refractivity contribution >= 4 is 13.3 Å². The van der Waals surface area contributed by atoms with Crippen LogP contribution in [-0.4, -0.2) is 11.7 Å². The van der Waals surface area contributed by atoms with Gasteiger partial charge < -0.3 is 9.63 Å². The summed E-state index contributed by atoms with van der Waals surface area (Å²) in [7, 11) is -2.11. The lowest BCUT2D eigenvalue weighted by molar-refractivity contribution is 0.318. The fourth-order valence-corrected chi connectivity index (χ4v) is 2.99. The largest absolute Gasteiger partial charge is 0.441 e. The summed E-state index contributed by atoms with van der Waals surface area (Å²) >= 11 is 0. The van der Waals surface area contributed by atoms with Crippen LogP contribution in [0.4, 0.5) is 0 Å². The Morgan fingerprint density at radius 1 is 1.06 bits per heavy atom. The van der Waals surface area contributed by atoms with Gasteiger partial charge in [-0.1, -0.05) is 36.4 Å². The molecule has 18 heavy (non-hydrogen) atoms. The van der Waals surface area contributed by atoms with Gasteiger partial charge in [0.1, 0.15) is 5.75 Å². The van der Waals surface area contributed by atoms with Crippen LogP contribution >= 0.6 is 8.03 Å². The van der Waals surface area contributed by atoms with E-state index in [0.29, 0.717) is 0 Å². The Morgan fingerprint density at radius 2 is 1.61 bits per heavy atom. The molecule has 4 heteroatoms. The molecule has 0 amide bonds. The van der Waals surface area contributed by atoms with Crippen molar-refractivity contribution in [2.45, 2.75) is 6.92 Å². The molecule has 2 aromatic rings. The summed E-state index contributed by atoms with van der Waals surface area (Å²) in [4.78, 5) is 0. The quantitative estimate of drug-likeness (QED) is 0.742. The monoisotopic (exact) mass is 262 g/mol. The minimum atomic E-state index is -2.11. The summed E-state index contributed by atoms with van der Waals surface area (Å²) in [5.41, 5.74) is 2.06. The Kier molecular flexibility index (Phi) is 4.19. The van der Waals surface area contributed by atoms with E-state index in [0.717, 1.165) is 22.2 Å². The lowest BCUT2D eigenvalue weighted by Crippen LogP contribution is -2.09. The molecule has 1 aliphatic heterocycles. The van der Waals surface area contributed by atoms with Crippen LogP contribution in [0.5, 0.6) is 5.75 Å².